The zero-order chi connectivity index (χ0) is 15.5. The standard InChI is InChI=1S/C16H20FN3O/c1-11-6-5-7-13(14(11)17)21-15-18-8-12(9-19-15)10-20-16(2,3)4/h5-9,20H,10H2,1-4H3. The molecule has 0 aliphatic rings. The Hall–Kier alpha value is -2.01. The number of aromatic nitrogens is 2. The van der Waals surface area contributed by atoms with Crippen molar-refractivity contribution in [2.45, 2.75) is 39.8 Å². The molecule has 0 aliphatic heterocycles. The smallest absolute Gasteiger partial charge is 0.321 e. The minimum absolute atomic E-state index is 0.0276. The maximum atomic E-state index is 13.8. The normalized spacial score (nSPS) is 11.5. The third kappa shape index (κ3) is 4.49. The maximum Gasteiger partial charge on any atom is 0.321 e. The SMILES string of the molecule is Cc1cccc(Oc2ncc(CNC(C)(C)C)cn2)c1F. The number of benzene rings is 1. The molecule has 112 valence electrons. The van der Waals surface area contributed by atoms with E-state index in [0.717, 1.165) is 5.56 Å². The molecule has 0 atom stereocenters. The fourth-order valence-corrected chi connectivity index (χ4v) is 1.65. The monoisotopic (exact) mass is 289 g/mol. The van der Waals surface area contributed by atoms with E-state index >= 15 is 0 Å². The van der Waals surface area contributed by atoms with Gasteiger partial charge in [-0.15, -0.1) is 0 Å². The van der Waals surface area contributed by atoms with Crippen LogP contribution in [0.2, 0.25) is 0 Å². The summed E-state index contributed by atoms with van der Waals surface area (Å²) < 4.78 is 19.2. The Bertz CT molecular complexity index is 606. The van der Waals surface area contributed by atoms with Crippen LogP contribution < -0.4 is 10.1 Å². The minimum atomic E-state index is -0.389. The number of rotatable bonds is 4. The van der Waals surface area contributed by atoms with Crippen molar-refractivity contribution in [3.05, 3.63) is 47.5 Å². The van der Waals surface area contributed by atoms with E-state index in [2.05, 4.69) is 36.1 Å². The first-order chi connectivity index (χ1) is 9.85. The number of hydrogen-bond acceptors (Lipinski definition) is 4. The zero-order valence-electron chi connectivity index (χ0n) is 12.8. The highest BCUT2D eigenvalue weighted by atomic mass is 19.1. The van der Waals surface area contributed by atoms with Gasteiger partial charge in [-0.3, -0.25) is 0 Å². The van der Waals surface area contributed by atoms with Gasteiger partial charge < -0.3 is 10.1 Å². The van der Waals surface area contributed by atoms with E-state index in [1.54, 1.807) is 37.5 Å². The molecule has 2 aromatic rings. The van der Waals surface area contributed by atoms with Crippen LogP contribution in [0.1, 0.15) is 31.9 Å². The number of halogens is 1. The Morgan fingerprint density at radius 3 is 2.48 bits per heavy atom. The topological polar surface area (TPSA) is 47.0 Å². The minimum Gasteiger partial charge on any atom is -0.421 e. The summed E-state index contributed by atoms with van der Waals surface area (Å²) >= 11 is 0. The predicted octanol–water partition coefficient (Wildman–Crippen LogP) is 3.60. The Morgan fingerprint density at radius 1 is 1.19 bits per heavy atom. The molecule has 1 aromatic heterocycles. The molecule has 1 aromatic carbocycles. The van der Waals surface area contributed by atoms with Gasteiger partial charge in [-0.05, 0) is 39.3 Å². The maximum absolute atomic E-state index is 13.8. The van der Waals surface area contributed by atoms with Crippen molar-refractivity contribution in [1.29, 1.82) is 0 Å². The van der Waals surface area contributed by atoms with Gasteiger partial charge in [0.05, 0.1) is 0 Å². The molecule has 0 bridgehead atoms. The lowest BCUT2D eigenvalue weighted by molar-refractivity contribution is 0.405. The first-order valence-electron chi connectivity index (χ1n) is 6.84. The third-order valence-electron chi connectivity index (χ3n) is 2.86. The summed E-state index contributed by atoms with van der Waals surface area (Å²) in [6.45, 7) is 8.62. The molecule has 1 heterocycles. The first-order valence-corrected chi connectivity index (χ1v) is 6.84. The van der Waals surface area contributed by atoms with Crippen LogP contribution in [0.4, 0.5) is 4.39 Å². The van der Waals surface area contributed by atoms with Crippen molar-refractivity contribution in [2.75, 3.05) is 0 Å². The molecular weight excluding hydrogens is 269 g/mol. The molecule has 0 spiro atoms. The van der Waals surface area contributed by atoms with Crippen molar-refractivity contribution in [3.63, 3.8) is 0 Å². The van der Waals surface area contributed by atoms with E-state index in [4.69, 9.17) is 4.74 Å². The molecule has 0 saturated heterocycles. The summed E-state index contributed by atoms with van der Waals surface area (Å²) in [6, 6.07) is 5.11. The Morgan fingerprint density at radius 2 is 1.86 bits per heavy atom. The Kier molecular flexibility index (Phi) is 4.53. The second-order valence-corrected chi connectivity index (χ2v) is 5.97. The molecule has 0 unspecified atom stereocenters. The van der Waals surface area contributed by atoms with E-state index in [-0.39, 0.29) is 23.1 Å². The van der Waals surface area contributed by atoms with Crippen molar-refractivity contribution >= 4 is 0 Å². The number of nitrogens with one attached hydrogen (secondary N) is 1. The van der Waals surface area contributed by atoms with Gasteiger partial charge in [-0.25, -0.2) is 14.4 Å². The quantitative estimate of drug-likeness (QED) is 0.934. The molecule has 0 aliphatic carbocycles. The summed E-state index contributed by atoms with van der Waals surface area (Å²) in [5.41, 5.74) is 1.50. The average Bonchev–Trinajstić information content (AvgIpc) is 2.42. The fourth-order valence-electron chi connectivity index (χ4n) is 1.65. The number of ether oxygens (including phenoxy) is 1. The van der Waals surface area contributed by atoms with Crippen molar-refractivity contribution < 1.29 is 9.13 Å². The van der Waals surface area contributed by atoms with Gasteiger partial charge in [-0.1, -0.05) is 12.1 Å². The van der Waals surface area contributed by atoms with Crippen LogP contribution in [0.25, 0.3) is 0 Å². The van der Waals surface area contributed by atoms with Crippen LogP contribution in [0.5, 0.6) is 11.8 Å². The van der Waals surface area contributed by atoms with Crippen LogP contribution in [-0.2, 0) is 6.54 Å². The lowest BCUT2D eigenvalue weighted by atomic mass is 10.1. The highest BCUT2D eigenvalue weighted by molar-refractivity contribution is 5.31. The molecule has 0 fully saturated rings. The molecule has 4 nitrogen and oxygen atoms in total. The average molecular weight is 289 g/mol. The zero-order valence-corrected chi connectivity index (χ0v) is 12.8. The van der Waals surface area contributed by atoms with E-state index in [0.29, 0.717) is 12.1 Å². The largest absolute Gasteiger partial charge is 0.421 e. The fraction of sp³-hybridized carbons (Fsp3) is 0.375. The molecular formula is C16H20FN3O. The Labute approximate surface area is 124 Å². The van der Waals surface area contributed by atoms with Gasteiger partial charge in [0.1, 0.15) is 0 Å². The number of nitrogens with zero attached hydrogens (tertiary/aromatic N) is 2. The summed E-state index contributed by atoms with van der Waals surface area (Å²) in [4.78, 5) is 8.21. The Balaban J connectivity index is 2.04. The summed E-state index contributed by atoms with van der Waals surface area (Å²) in [6.07, 6.45) is 3.35. The molecule has 0 saturated carbocycles. The molecule has 0 amide bonds. The van der Waals surface area contributed by atoms with Crippen LogP contribution in [0, 0.1) is 12.7 Å². The van der Waals surface area contributed by atoms with Crippen LogP contribution in [0.15, 0.2) is 30.6 Å². The third-order valence-corrected chi connectivity index (χ3v) is 2.86. The van der Waals surface area contributed by atoms with E-state index in [9.17, 15) is 4.39 Å². The van der Waals surface area contributed by atoms with Gasteiger partial charge in [0.2, 0.25) is 0 Å². The summed E-state index contributed by atoms with van der Waals surface area (Å²) in [5, 5.41) is 3.34. The highest BCUT2D eigenvalue weighted by Gasteiger charge is 2.10. The van der Waals surface area contributed by atoms with Crippen molar-refractivity contribution in [1.82, 2.24) is 15.3 Å². The van der Waals surface area contributed by atoms with Gasteiger partial charge in [0.15, 0.2) is 11.6 Å². The molecule has 2 rings (SSSR count). The van der Waals surface area contributed by atoms with Crippen LogP contribution >= 0.6 is 0 Å². The van der Waals surface area contributed by atoms with E-state index in [1.165, 1.54) is 0 Å². The number of aryl methyl sites for hydroxylation is 1. The van der Waals surface area contributed by atoms with Gasteiger partial charge in [0.25, 0.3) is 0 Å². The molecule has 1 N–H and O–H groups in total. The van der Waals surface area contributed by atoms with Gasteiger partial charge in [0, 0.05) is 30.0 Å². The van der Waals surface area contributed by atoms with E-state index in [1.807, 2.05) is 0 Å². The summed E-state index contributed by atoms with van der Waals surface area (Å²) in [5.74, 6) is -0.254. The first kappa shape index (κ1) is 15.4. The highest BCUT2D eigenvalue weighted by Crippen LogP contribution is 2.23. The van der Waals surface area contributed by atoms with Gasteiger partial charge >= 0.3 is 6.01 Å². The second-order valence-electron chi connectivity index (χ2n) is 5.97. The molecule has 5 heteroatoms. The van der Waals surface area contributed by atoms with Crippen LogP contribution in [0.3, 0.4) is 0 Å². The van der Waals surface area contributed by atoms with Crippen molar-refractivity contribution in [3.8, 4) is 11.8 Å². The second kappa shape index (κ2) is 6.18. The molecule has 21 heavy (non-hydrogen) atoms. The lowest BCUT2D eigenvalue weighted by Crippen LogP contribution is -2.35. The van der Waals surface area contributed by atoms with E-state index < -0.39 is 0 Å². The lowest BCUT2D eigenvalue weighted by Gasteiger charge is -2.20. The van der Waals surface area contributed by atoms with Crippen molar-refractivity contribution in [2.24, 2.45) is 0 Å². The molecule has 0 radical (unpaired) electrons. The summed E-state index contributed by atoms with van der Waals surface area (Å²) in [7, 11) is 0. The predicted molar refractivity (Wildman–Crippen MR) is 79.8 cm³/mol. The van der Waals surface area contributed by atoms with Gasteiger partial charge in [-0.2, -0.15) is 0 Å². The number of hydrogen-bond donors (Lipinski definition) is 1. The van der Waals surface area contributed by atoms with Crippen LogP contribution in [-0.4, -0.2) is 15.5 Å².